The monoisotopic (exact) mass is 599 g/mol. The Kier molecular flexibility index (Phi) is 16.3. The van der Waals surface area contributed by atoms with Crippen LogP contribution in [0.1, 0.15) is 133 Å². The van der Waals surface area contributed by atoms with Crippen LogP contribution in [0.2, 0.25) is 0 Å². The third-order valence-electron chi connectivity index (χ3n) is 5.88. The van der Waals surface area contributed by atoms with Crippen LogP contribution in [-0.4, -0.2) is 64.7 Å². The van der Waals surface area contributed by atoms with E-state index in [0.717, 1.165) is 0 Å². The fourth-order valence-electron chi connectivity index (χ4n) is 4.08. The molecule has 2 amide bonds. The molecule has 4 N–H and O–H groups in total. The molecule has 0 saturated carbocycles. The Morgan fingerprint density at radius 3 is 1.33 bits per heavy atom. The van der Waals surface area contributed by atoms with Crippen molar-refractivity contribution >= 4 is 29.7 Å². The molecule has 42 heavy (non-hydrogen) atoms. The van der Waals surface area contributed by atoms with E-state index in [1.54, 1.807) is 69.2 Å². The number of esters is 3. The van der Waals surface area contributed by atoms with Gasteiger partial charge in [0.2, 0.25) is 11.8 Å². The van der Waals surface area contributed by atoms with Crippen molar-refractivity contribution in [3.63, 3.8) is 0 Å². The summed E-state index contributed by atoms with van der Waals surface area (Å²) in [5, 5.41) is 5.80. The molecule has 0 spiro atoms. The molecule has 0 rings (SSSR count). The van der Waals surface area contributed by atoms with Crippen molar-refractivity contribution < 1.29 is 38.2 Å². The number of carbonyl (C=O) groups excluding carboxylic acids is 5. The Balaban J connectivity index is 5.70. The van der Waals surface area contributed by atoms with E-state index in [1.807, 2.05) is 0 Å². The quantitative estimate of drug-likeness (QED) is 0.126. The van der Waals surface area contributed by atoms with Gasteiger partial charge >= 0.3 is 17.9 Å². The molecule has 11 nitrogen and oxygen atoms in total. The molecule has 1 atom stereocenters. The van der Waals surface area contributed by atoms with Gasteiger partial charge in [-0.3, -0.25) is 24.0 Å². The third kappa shape index (κ3) is 21.1. The largest absolute Gasteiger partial charge is 0.460 e. The predicted molar refractivity (Wildman–Crippen MR) is 161 cm³/mol. The van der Waals surface area contributed by atoms with E-state index >= 15 is 0 Å². The molecule has 0 aliphatic heterocycles. The molecule has 0 aromatic heterocycles. The zero-order valence-electron chi connectivity index (χ0n) is 27.7. The van der Waals surface area contributed by atoms with Gasteiger partial charge in [0.15, 0.2) is 0 Å². The first-order chi connectivity index (χ1) is 19.0. The average molecular weight is 600 g/mol. The van der Waals surface area contributed by atoms with Crippen LogP contribution in [0.15, 0.2) is 0 Å². The lowest BCUT2D eigenvalue weighted by Gasteiger charge is -2.36. The Morgan fingerprint density at radius 1 is 0.619 bits per heavy atom. The minimum Gasteiger partial charge on any atom is -0.460 e. The van der Waals surface area contributed by atoms with Crippen LogP contribution < -0.4 is 16.4 Å². The maximum absolute atomic E-state index is 13.2. The second-order valence-electron chi connectivity index (χ2n) is 14.0. The Labute approximate surface area is 252 Å². The fraction of sp³-hybridized carbons (Fsp3) is 0.839. The smallest absolute Gasteiger partial charge is 0.306 e. The summed E-state index contributed by atoms with van der Waals surface area (Å²) in [6.45, 7) is 18.0. The van der Waals surface area contributed by atoms with Gasteiger partial charge in [-0.1, -0.05) is 6.42 Å². The topological polar surface area (TPSA) is 163 Å². The number of hydrogen-bond donors (Lipinski definition) is 3. The molecule has 0 saturated heterocycles. The lowest BCUT2D eigenvalue weighted by Crippen LogP contribution is -2.50. The number of ether oxygens (including phenoxy) is 3. The first kappa shape index (κ1) is 39.3. The highest BCUT2D eigenvalue weighted by Crippen LogP contribution is 2.29. The molecular weight excluding hydrogens is 542 g/mol. The Bertz CT molecular complexity index is 816. The Morgan fingerprint density at radius 2 is 1.00 bits per heavy atom. The normalized spacial score (nSPS) is 13.1. The van der Waals surface area contributed by atoms with E-state index in [2.05, 4.69) is 10.6 Å². The van der Waals surface area contributed by atoms with Crippen molar-refractivity contribution in [1.82, 2.24) is 10.6 Å². The lowest BCUT2D eigenvalue weighted by molar-refractivity contribution is -0.155. The number of hydrogen-bond acceptors (Lipinski definition) is 9. The second-order valence-corrected chi connectivity index (χ2v) is 14.0. The summed E-state index contributed by atoms with van der Waals surface area (Å²) in [5.74, 6) is -1.80. The summed E-state index contributed by atoms with van der Waals surface area (Å²) in [5.41, 5.74) is 2.45. The zero-order valence-corrected chi connectivity index (χ0v) is 27.7. The van der Waals surface area contributed by atoms with Crippen LogP contribution in [0.25, 0.3) is 0 Å². The maximum atomic E-state index is 13.2. The number of carbonyl (C=O) groups is 5. The van der Waals surface area contributed by atoms with Crippen molar-refractivity contribution in [2.75, 3.05) is 6.54 Å². The van der Waals surface area contributed by atoms with E-state index in [1.165, 1.54) is 0 Å². The van der Waals surface area contributed by atoms with Gasteiger partial charge in [-0.05, 0) is 101 Å². The molecule has 0 heterocycles. The van der Waals surface area contributed by atoms with Crippen LogP contribution in [0.3, 0.4) is 0 Å². The van der Waals surface area contributed by atoms with Gasteiger partial charge in [0, 0.05) is 37.8 Å². The molecule has 0 aliphatic carbocycles. The van der Waals surface area contributed by atoms with Crippen molar-refractivity contribution in [3.8, 4) is 0 Å². The summed E-state index contributed by atoms with van der Waals surface area (Å²) in [6, 6.07) is -0.578. The molecular formula is C31H57N3O8. The molecule has 0 unspecified atom stereocenters. The molecule has 0 aliphatic rings. The van der Waals surface area contributed by atoms with Gasteiger partial charge in [-0.25, -0.2) is 0 Å². The zero-order chi connectivity index (χ0) is 32.8. The number of amides is 2. The Hall–Kier alpha value is -2.69. The average Bonchev–Trinajstić information content (AvgIpc) is 2.78. The highest BCUT2D eigenvalue weighted by molar-refractivity contribution is 5.81. The van der Waals surface area contributed by atoms with Gasteiger partial charge < -0.3 is 30.6 Å². The molecule has 0 aromatic carbocycles. The molecule has 244 valence electrons. The van der Waals surface area contributed by atoms with Crippen molar-refractivity contribution in [1.29, 1.82) is 0 Å². The molecule has 0 aromatic rings. The van der Waals surface area contributed by atoms with Gasteiger partial charge in [0.05, 0.1) is 6.04 Å². The van der Waals surface area contributed by atoms with Crippen molar-refractivity contribution in [2.24, 2.45) is 5.73 Å². The first-order valence-corrected chi connectivity index (χ1v) is 15.0. The summed E-state index contributed by atoms with van der Waals surface area (Å²) in [6.07, 6.45) is 2.63. The second kappa shape index (κ2) is 17.4. The van der Waals surface area contributed by atoms with E-state index in [0.29, 0.717) is 25.8 Å². The van der Waals surface area contributed by atoms with E-state index in [9.17, 15) is 24.0 Å². The van der Waals surface area contributed by atoms with E-state index in [4.69, 9.17) is 19.9 Å². The minimum atomic E-state index is -1.05. The number of unbranched alkanes of at least 4 members (excludes halogenated alkanes) is 2. The van der Waals surface area contributed by atoms with Crippen molar-refractivity contribution in [2.45, 2.75) is 162 Å². The van der Waals surface area contributed by atoms with Crippen LogP contribution in [0, 0.1) is 0 Å². The van der Waals surface area contributed by atoms with Crippen LogP contribution in [-0.2, 0) is 38.2 Å². The minimum absolute atomic E-state index is 0.0144. The standard InChI is InChI=1S/C31H57N3O8/c1-22(32)27(39)33-21-13-11-12-14-23(35)34-31(18-15-24(36)40-28(2,3)4,19-16-25(37)41-29(5,6)7)20-17-26(38)42-30(8,9)10/h22H,11-21,32H2,1-10H3,(H,33,39)(H,34,35)/t22-/m1/s1. The summed E-state index contributed by atoms with van der Waals surface area (Å²) in [4.78, 5) is 62.7. The molecule has 0 fully saturated rings. The SMILES string of the molecule is C[C@@H](N)C(=O)NCCCCCC(=O)NC(CCC(=O)OC(C)(C)C)(CCC(=O)OC(C)(C)C)CCC(=O)OC(C)(C)C. The number of nitrogens with two attached hydrogens (primary N) is 1. The maximum Gasteiger partial charge on any atom is 0.306 e. The van der Waals surface area contributed by atoms with Crippen LogP contribution >= 0.6 is 0 Å². The number of nitrogens with one attached hydrogen (secondary N) is 2. The summed E-state index contributed by atoms with van der Waals surface area (Å²) in [7, 11) is 0. The van der Waals surface area contributed by atoms with Gasteiger partial charge in [0.25, 0.3) is 0 Å². The highest BCUT2D eigenvalue weighted by atomic mass is 16.6. The molecule has 0 radical (unpaired) electrons. The van der Waals surface area contributed by atoms with E-state index in [-0.39, 0.29) is 56.8 Å². The summed E-state index contributed by atoms with van der Waals surface area (Å²) < 4.78 is 16.4. The molecule has 0 bridgehead atoms. The highest BCUT2D eigenvalue weighted by Gasteiger charge is 2.35. The van der Waals surface area contributed by atoms with Gasteiger partial charge in [0.1, 0.15) is 16.8 Å². The lowest BCUT2D eigenvalue weighted by atomic mass is 9.83. The van der Waals surface area contributed by atoms with Crippen LogP contribution in [0.4, 0.5) is 0 Å². The number of rotatable bonds is 17. The third-order valence-corrected chi connectivity index (χ3v) is 5.88. The molecule has 11 heteroatoms. The van der Waals surface area contributed by atoms with Gasteiger partial charge in [-0.15, -0.1) is 0 Å². The fourth-order valence-corrected chi connectivity index (χ4v) is 4.08. The van der Waals surface area contributed by atoms with Crippen LogP contribution in [0.5, 0.6) is 0 Å². The van der Waals surface area contributed by atoms with E-state index < -0.39 is 46.3 Å². The summed E-state index contributed by atoms with van der Waals surface area (Å²) >= 11 is 0. The van der Waals surface area contributed by atoms with Crippen molar-refractivity contribution in [3.05, 3.63) is 0 Å². The van der Waals surface area contributed by atoms with Gasteiger partial charge in [-0.2, -0.15) is 0 Å². The first-order valence-electron chi connectivity index (χ1n) is 15.0. The predicted octanol–water partition coefficient (Wildman–Crippen LogP) is 4.23.